The maximum absolute atomic E-state index is 3.77. The van der Waals surface area contributed by atoms with Gasteiger partial charge in [-0.1, -0.05) is 48.5 Å². The second kappa shape index (κ2) is 5.59. The molecule has 0 fully saturated rings. The van der Waals surface area contributed by atoms with Gasteiger partial charge in [0.1, 0.15) is 0 Å². The molecule has 4 rings (SSSR count). The van der Waals surface area contributed by atoms with Crippen LogP contribution in [0, 0.1) is 0 Å². The van der Waals surface area contributed by atoms with E-state index in [9.17, 15) is 0 Å². The summed E-state index contributed by atoms with van der Waals surface area (Å²) in [6.45, 7) is 0. The van der Waals surface area contributed by atoms with Crippen LogP contribution in [0.2, 0.25) is 0 Å². The van der Waals surface area contributed by atoms with Crippen molar-refractivity contribution < 1.29 is 0 Å². The average Bonchev–Trinajstić information content (AvgIpc) is 2.57. The fourth-order valence-corrected chi connectivity index (χ4v) is 5.55. The van der Waals surface area contributed by atoms with Crippen molar-refractivity contribution in [3.05, 3.63) is 66.4 Å². The monoisotopic (exact) mass is 540 g/mol. The van der Waals surface area contributed by atoms with E-state index in [1.807, 2.05) is 0 Å². The van der Waals surface area contributed by atoms with Gasteiger partial charge in [0.25, 0.3) is 0 Å². The fourth-order valence-electron chi connectivity index (χ4n) is 3.01. The molecule has 22 heavy (non-hydrogen) atoms. The third kappa shape index (κ3) is 2.04. The zero-order valence-electron chi connectivity index (χ0n) is 11.1. The number of halogens is 4. The molecule has 0 atom stereocenters. The van der Waals surface area contributed by atoms with Gasteiger partial charge in [-0.25, -0.2) is 0 Å². The Morgan fingerprint density at radius 3 is 1.09 bits per heavy atom. The lowest BCUT2D eigenvalue weighted by Crippen LogP contribution is -1.88. The van der Waals surface area contributed by atoms with Gasteiger partial charge in [0, 0.05) is 28.7 Å². The van der Waals surface area contributed by atoms with E-state index in [-0.39, 0.29) is 0 Å². The molecule has 4 aromatic carbocycles. The Balaban J connectivity index is 2.50. The predicted molar refractivity (Wildman–Crippen MR) is 110 cm³/mol. The smallest absolute Gasteiger partial charge is 0.0477 e. The Morgan fingerprint density at radius 1 is 0.409 bits per heavy atom. The van der Waals surface area contributed by atoms with Crippen LogP contribution < -0.4 is 0 Å². The van der Waals surface area contributed by atoms with E-state index in [4.69, 9.17) is 0 Å². The minimum atomic E-state index is 1.02. The molecule has 0 aliphatic carbocycles. The summed E-state index contributed by atoms with van der Waals surface area (Å²) in [4.78, 5) is 0. The second-order valence-corrected chi connectivity index (χ2v) is 8.27. The highest BCUT2D eigenvalue weighted by Gasteiger charge is 2.18. The molecule has 0 unspecified atom stereocenters. The van der Waals surface area contributed by atoms with E-state index >= 15 is 0 Å². The van der Waals surface area contributed by atoms with Gasteiger partial charge >= 0.3 is 0 Å². The summed E-state index contributed by atoms with van der Waals surface area (Å²) in [5.74, 6) is 0. The summed E-state index contributed by atoms with van der Waals surface area (Å²) in [5.41, 5.74) is 0. The van der Waals surface area contributed by atoms with Crippen molar-refractivity contribution in [3.63, 3.8) is 0 Å². The molecule has 108 valence electrons. The quantitative estimate of drug-likeness (QED) is 0.119. The molecule has 0 radical (unpaired) electrons. The molecular formula is C18H8Br4. The molecule has 0 aromatic heterocycles. The third-order valence-corrected chi connectivity index (χ3v) is 8.72. The molecule has 0 amide bonds. The van der Waals surface area contributed by atoms with Crippen LogP contribution in [0.15, 0.2) is 66.4 Å². The highest BCUT2D eigenvalue weighted by molar-refractivity contribution is 9.15. The van der Waals surface area contributed by atoms with Gasteiger partial charge in [0.15, 0.2) is 0 Å². The van der Waals surface area contributed by atoms with Crippen molar-refractivity contribution in [2.24, 2.45) is 0 Å². The van der Waals surface area contributed by atoms with Gasteiger partial charge < -0.3 is 0 Å². The van der Waals surface area contributed by atoms with E-state index < -0.39 is 0 Å². The number of hydrogen-bond acceptors (Lipinski definition) is 0. The molecule has 0 N–H and O–H groups in total. The van der Waals surface area contributed by atoms with Crippen LogP contribution in [0.4, 0.5) is 0 Å². The fraction of sp³-hybridized carbons (Fsp3) is 0. The minimum absolute atomic E-state index is 1.02. The van der Waals surface area contributed by atoms with E-state index in [0.29, 0.717) is 0 Å². The summed E-state index contributed by atoms with van der Waals surface area (Å²) in [5, 5.41) is 7.47. The summed E-state index contributed by atoms with van der Waals surface area (Å²) in [6, 6.07) is 17.1. The highest BCUT2D eigenvalue weighted by Crippen LogP contribution is 2.48. The lowest BCUT2D eigenvalue weighted by atomic mass is 9.94. The normalized spacial score (nSPS) is 11.6. The molecule has 0 bridgehead atoms. The zero-order valence-corrected chi connectivity index (χ0v) is 17.5. The van der Waals surface area contributed by atoms with Gasteiger partial charge in [-0.2, -0.15) is 0 Å². The van der Waals surface area contributed by atoms with E-state index in [0.717, 1.165) is 17.9 Å². The zero-order chi connectivity index (χ0) is 15.4. The topological polar surface area (TPSA) is 0 Å². The Kier molecular flexibility index (Phi) is 3.84. The molecule has 0 aliphatic rings. The maximum atomic E-state index is 3.77. The molecule has 0 spiro atoms. The Bertz CT molecular complexity index is 981. The minimum Gasteiger partial charge on any atom is -0.0616 e. The lowest BCUT2D eigenvalue weighted by Gasteiger charge is -2.15. The first-order chi connectivity index (χ1) is 10.6. The van der Waals surface area contributed by atoms with Gasteiger partial charge in [0.2, 0.25) is 0 Å². The van der Waals surface area contributed by atoms with Gasteiger partial charge in [0.05, 0.1) is 0 Å². The molecule has 0 heterocycles. The Hall–Kier alpha value is -0.420. The SMILES string of the molecule is Brc1c(Br)c(Br)c2c3ccccc3c3ccccc3c2c1Br. The van der Waals surface area contributed by atoms with Crippen molar-refractivity contribution >= 4 is 96.0 Å². The maximum Gasteiger partial charge on any atom is 0.0477 e. The number of hydrogen-bond donors (Lipinski definition) is 0. The van der Waals surface area contributed by atoms with Gasteiger partial charge in [-0.3, -0.25) is 0 Å². The van der Waals surface area contributed by atoms with Gasteiger partial charge in [-0.15, -0.1) is 0 Å². The van der Waals surface area contributed by atoms with Crippen LogP contribution in [-0.2, 0) is 0 Å². The van der Waals surface area contributed by atoms with Crippen LogP contribution in [0.1, 0.15) is 0 Å². The molecule has 0 saturated heterocycles. The van der Waals surface area contributed by atoms with Crippen molar-refractivity contribution in [2.45, 2.75) is 0 Å². The van der Waals surface area contributed by atoms with Crippen molar-refractivity contribution in [1.29, 1.82) is 0 Å². The predicted octanol–water partition coefficient (Wildman–Crippen LogP) is 8.20. The van der Waals surface area contributed by atoms with Gasteiger partial charge in [-0.05, 0) is 85.3 Å². The first-order valence-corrected chi connectivity index (χ1v) is 9.83. The largest absolute Gasteiger partial charge is 0.0616 e. The van der Waals surface area contributed by atoms with Crippen LogP contribution in [0.5, 0.6) is 0 Å². The van der Waals surface area contributed by atoms with Crippen molar-refractivity contribution in [1.82, 2.24) is 0 Å². The highest BCUT2D eigenvalue weighted by atomic mass is 79.9. The Morgan fingerprint density at radius 2 is 0.727 bits per heavy atom. The lowest BCUT2D eigenvalue weighted by molar-refractivity contribution is 1.58. The Labute approximate surface area is 161 Å². The van der Waals surface area contributed by atoms with Crippen LogP contribution >= 0.6 is 63.7 Å². The molecular weight excluding hydrogens is 536 g/mol. The first-order valence-electron chi connectivity index (χ1n) is 6.66. The summed E-state index contributed by atoms with van der Waals surface area (Å²) < 4.78 is 4.18. The number of fused-ring (bicyclic) bond motifs is 6. The van der Waals surface area contributed by atoms with Crippen LogP contribution in [0.3, 0.4) is 0 Å². The second-order valence-electron chi connectivity index (χ2n) is 5.10. The van der Waals surface area contributed by atoms with E-state index in [1.54, 1.807) is 0 Å². The summed E-state index contributed by atoms with van der Waals surface area (Å²) in [6.07, 6.45) is 0. The third-order valence-electron chi connectivity index (χ3n) is 3.95. The average molecular weight is 544 g/mol. The van der Waals surface area contributed by atoms with Crippen LogP contribution in [0.25, 0.3) is 32.3 Å². The van der Waals surface area contributed by atoms with Crippen molar-refractivity contribution in [2.75, 3.05) is 0 Å². The van der Waals surface area contributed by atoms with Crippen LogP contribution in [-0.4, -0.2) is 0 Å². The van der Waals surface area contributed by atoms with E-state index in [1.165, 1.54) is 32.3 Å². The van der Waals surface area contributed by atoms with E-state index in [2.05, 4.69) is 112 Å². The molecule has 4 aromatic rings. The molecule has 0 saturated carbocycles. The number of benzene rings is 4. The first kappa shape index (κ1) is 15.1. The summed E-state index contributed by atoms with van der Waals surface area (Å²) >= 11 is 14.9. The number of rotatable bonds is 0. The molecule has 4 heteroatoms. The van der Waals surface area contributed by atoms with Crippen molar-refractivity contribution in [3.8, 4) is 0 Å². The standard InChI is InChI=1S/C18H8Br4/c19-15-13-11-7-3-1-5-9(11)10-6-2-4-8-12(10)14(13)16(20)18(22)17(15)21/h1-8H. The molecule has 0 nitrogen and oxygen atoms in total. The summed E-state index contributed by atoms with van der Waals surface area (Å²) in [7, 11) is 0. The molecule has 0 aliphatic heterocycles.